The predicted octanol–water partition coefficient (Wildman–Crippen LogP) is 4.59. The van der Waals surface area contributed by atoms with Gasteiger partial charge in [-0.3, -0.25) is 14.9 Å². The first-order valence-electron chi connectivity index (χ1n) is 8.57. The number of non-ortho nitro benzene ring substituents is 1. The number of hydrogen-bond acceptors (Lipinski definition) is 5. The monoisotopic (exact) mass is 409 g/mol. The highest BCUT2D eigenvalue weighted by Crippen LogP contribution is 2.18. The number of rotatable bonds is 7. The van der Waals surface area contributed by atoms with Crippen LogP contribution in [0, 0.1) is 10.1 Å². The molecule has 0 fully saturated rings. The van der Waals surface area contributed by atoms with Gasteiger partial charge in [-0.1, -0.05) is 41.9 Å². The van der Waals surface area contributed by atoms with E-state index in [1.54, 1.807) is 24.3 Å². The lowest BCUT2D eigenvalue weighted by atomic mass is 10.2. The van der Waals surface area contributed by atoms with E-state index < -0.39 is 10.8 Å². The number of para-hydroxylation sites is 1. The average Bonchev–Trinajstić information content (AvgIpc) is 2.74. The maximum atomic E-state index is 12.1. The third-order valence-electron chi connectivity index (χ3n) is 3.92. The summed E-state index contributed by atoms with van der Waals surface area (Å²) in [6.45, 7) is 0.349. The Hall–Kier alpha value is -3.71. The van der Waals surface area contributed by atoms with E-state index in [4.69, 9.17) is 16.3 Å². The van der Waals surface area contributed by atoms with Gasteiger partial charge in [-0.2, -0.15) is 5.10 Å². The number of nitro groups is 1. The zero-order valence-corrected chi connectivity index (χ0v) is 15.9. The van der Waals surface area contributed by atoms with Crippen molar-refractivity contribution in [3.63, 3.8) is 0 Å². The smallest absolute Gasteiger partial charge is 0.271 e. The van der Waals surface area contributed by atoms with Crippen molar-refractivity contribution in [1.29, 1.82) is 0 Å². The Balaban J connectivity index is 1.64. The number of halogens is 1. The Morgan fingerprint density at radius 3 is 2.62 bits per heavy atom. The minimum absolute atomic E-state index is 0.142. The maximum absolute atomic E-state index is 12.1. The van der Waals surface area contributed by atoms with Gasteiger partial charge in [0.2, 0.25) is 0 Å². The van der Waals surface area contributed by atoms with E-state index in [0.717, 1.165) is 5.56 Å². The molecule has 0 saturated heterocycles. The Labute approximate surface area is 171 Å². The molecular formula is C21H16ClN3O4. The molecule has 0 heterocycles. The standard InChI is InChI=1S/C21H16ClN3O4/c22-18-10-8-15(9-11-18)14-29-20-7-2-1-4-17(20)13-23-24-21(26)16-5-3-6-19(12-16)25(27)28/h1-13H,14H2,(H,24,26)/b23-13+. The van der Waals surface area contributed by atoms with Crippen molar-refractivity contribution >= 4 is 29.4 Å². The number of ether oxygens (including phenoxy) is 1. The Kier molecular flexibility index (Phi) is 6.55. The molecule has 7 nitrogen and oxygen atoms in total. The number of hydrazone groups is 1. The second-order valence-corrected chi connectivity index (χ2v) is 6.40. The van der Waals surface area contributed by atoms with Crippen molar-refractivity contribution in [1.82, 2.24) is 5.43 Å². The normalized spacial score (nSPS) is 10.7. The van der Waals surface area contributed by atoms with E-state index in [0.29, 0.717) is 22.9 Å². The lowest BCUT2D eigenvalue weighted by Crippen LogP contribution is -2.17. The molecule has 1 N–H and O–H groups in total. The van der Waals surface area contributed by atoms with Crippen molar-refractivity contribution in [2.45, 2.75) is 6.61 Å². The van der Waals surface area contributed by atoms with Crippen LogP contribution in [0.5, 0.6) is 5.75 Å². The van der Waals surface area contributed by atoms with Crippen molar-refractivity contribution in [2.24, 2.45) is 5.10 Å². The van der Waals surface area contributed by atoms with Gasteiger partial charge in [0.1, 0.15) is 12.4 Å². The van der Waals surface area contributed by atoms with Crippen LogP contribution in [0.4, 0.5) is 5.69 Å². The number of nitrogens with zero attached hydrogens (tertiary/aromatic N) is 2. The fourth-order valence-corrected chi connectivity index (χ4v) is 2.57. The van der Waals surface area contributed by atoms with Gasteiger partial charge in [0, 0.05) is 28.3 Å². The van der Waals surface area contributed by atoms with Crippen LogP contribution in [-0.4, -0.2) is 17.0 Å². The quantitative estimate of drug-likeness (QED) is 0.351. The highest BCUT2D eigenvalue weighted by atomic mass is 35.5. The average molecular weight is 410 g/mol. The molecule has 8 heteroatoms. The molecule has 3 rings (SSSR count). The molecule has 0 aromatic heterocycles. The summed E-state index contributed by atoms with van der Waals surface area (Å²) >= 11 is 5.88. The maximum Gasteiger partial charge on any atom is 0.271 e. The van der Waals surface area contributed by atoms with E-state index in [1.165, 1.54) is 30.5 Å². The molecule has 29 heavy (non-hydrogen) atoms. The molecule has 0 aliphatic rings. The van der Waals surface area contributed by atoms with Crippen LogP contribution in [0.1, 0.15) is 21.5 Å². The van der Waals surface area contributed by atoms with Gasteiger partial charge in [-0.05, 0) is 35.9 Å². The SMILES string of the molecule is O=C(N/N=C/c1ccccc1OCc1ccc(Cl)cc1)c1cccc([N+](=O)[O-])c1. The number of carbonyl (C=O) groups excluding carboxylic acids is 1. The van der Waals surface area contributed by atoms with Crippen LogP contribution >= 0.6 is 11.6 Å². The second kappa shape index (κ2) is 9.48. The molecule has 0 bridgehead atoms. The number of amides is 1. The van der Waals surface area contributed by atoms with E-state index in [2.05, 4.69) is 10.5 Å². The summed E-state index contributed by atoms with van der Waals surface area (Å²) in [6, 6.07) is 20.0. The Bertz CT molecular complexity index is 1050. The van der Waals surface area contributed by atoms with Crippen molar-refractivity contribution in [3.8, 4) is 5.75 Å². The van der Waals surface area contributed by atoms with E-state index in [1.807, 2.05) is 24.3 Å². The summed E-state index contributed by atoms with van der Waals surface area (Å²) in [5.41, 5.74) is 3.96. The summed E-state index contributed by atoms with van der Waals surface area (Å²) in [7, 11) is 0. The van der Waals surface area contributed by atoms with Crippen LogP contribution in [0.15, 0.2) is 77.9 Å². The number of nitrogens with one attached hydrogen (secondary N) is 1. The summed E-state index contributed by atoms with van der Waals surface area (Å²) in [5, 5.41) is 15.4. The fraction of sp³-hybridized carbons (Fsp3) is 0.0476. The fourth-order valence-electron chi connectivity index (χ4n) is 2.45. The summed E-state index contributed by atoms with van der Waals surface area (Å²) in [6.07, 6.45) is 1.45. The third kappa shape index (κ3) is 5.63. The molecule has 0 aliphatic heterocycles. The van der Waals surface area contributed by atoms with Gasteiger partial charge in [0.15, 0.2) is 0 Å². The molecule has 3 aromatic carbocycles. The van der Waals surface area contributed by atoms with E-state index in [-0.39, 0.29) is 11.3 Å². The minimum Gasteiger partial charge on any atom is -0.488 e. The molecule has 0 aliphatic carbocycles. The summed E-state index contributed by atoms with van der Waals surface area (Å²) in [4.78, 5) is 22.4. The lowest BCUT2D eigenvalue weighted by Gasteiger charge is -2.09. The van der Waals surface area contributed by atoms with Crippen LogP contribution < -0.4 is 10.2 Å². The molecule has 0 radical (unpaired) electrons. The molecule has 146 valence electrons. The topological polar surface area (TPSA) is 93.8 Å². The lowest BCUT2D eigenvalue weighted by molar-refractivity contribution is -0.384. The second-order valence-electron chi connectivity index (χ2n) is 5.96. The third-order valence-corrected chi connectivity index (χ3v) is 4.17. The minimum atomic E-state index is -0.561. The first-order chi connectivity index (χ1) is 14.0. The summed E-state index contributed by atoms with van der Waals surface area (Å²) < 4.78 is 5.83. The zero-order valence-electron chi connectivity index (χ0n) is 15.1. The van der Waals surface area contributed by atoms with Gasteiger partial charge in [0.25, 0.3) is 11.6 Å². The number of hydrogen-bond donors (Lipinski definition) is 1. The zero-order chi connectivity index (χ0) is 20.6. The van der Waals surface area contributed by atoms with Crippen LogP contribution in [0.3, 0.4) is 0 Å². The van der Waals surface area contributed by atoms with E-state index in [9.17, 15) is 14.9 Å². The van der Waals surface area contributed by atoms with Gasteiger partial charge in [0.05, 0.1) is 11.1 Å². The van der Waals surface area contributed by atoms with Crippen LogP contribution in [0.25, 0.3) is 0 Å². The Morgan fingerprint density at radius 1 is 1.10 bits per heavy atom. The first kappa shape index (κ1) is 20.0. The molecule has 0 spiro atoms. The van der Waals surface area contributed by atoms with Gasteiger partial charge in [-0.25, -0.2) is 5.43 Å². The van der Waals surface area contributed by atoms with Crippen molar-refractivity contribution in [3.05, 3.63) is 105 Å². The molecule has 0 unspecified atom stereocenters. The number of carbonyl (C=O) groups is 1. The van der Waals surface area contributed by atoms with Gasteiger partial charge < -0.3 is 4.74 Å². The first-order valence-corrected chi connectivity index (χ1v) is 8.95. The molecular weight excluding hydrogens is 394 g/mol. The molecule has 3 aromatic rings. The highest BCUT2D eigenvalue weighted by Gasteiger charge is 2.10. The molecule has 0 atom stereocenters. The number of benzene rings is 3. The van der Waals surface area contributed by atoms with Crippen molar-refractivity contribution < 1.29 is 14.5 Å². The van der Waals surface area contributed by atoms with Crippen LogP contribution in [0.2, 0.25) is 5.02 Å². The van der Waals surface area contributed by atoms with E-state index >= 15 is 0 Å². The molecule has 1 amide bonds. The van der Waals surface area contributed by atoms with Crippen molar-refractivity contribution in [2.75, 3.05) is 0 Å². The van der Waals surface area contributed by atoms with Crippen LogP contribution in [-0.2, 0) is 6.61 Å². The molecule has 0 saturated carbocycles. The van der Waals surface area contributed by atoms with Gasteiger partial charge >= 0.3 is 0 Å². The summed E-state index contributed by atoms with van der Waals surface area (Å²) in [5.74, 6) is 0.0420. The Morgan fingerprint density at radius 2 is 1.86 bits per heavy atom. The highest BCUT2D eigenvalue weighted by molar-refractivity contribution is 6.30. The largest absolute Gasteiger partial charge is 0.488 e. The predicted molar refractivity (Wildman–Crippen MR) is 110 cm³/mol. The number of nitro benzene ring substituents is 1. The van der Waals surface area contributed by atoms with Gasteiger partial charge in [-0.15, -0.1) is 0 Å².